The molecule has 0 saturated carbocycles. The number of para-hydroxylation sites is 4. The maximum absolute atomic E-state index is 13.5. The minimum absolute atomic E-state index is 0.322. The van der Waals surface area contributed by atoms with E-state index in [0.29, 0.717) is 11.0 Å². The van der Waals surface area contributed by atoms with E-state index in [0.717, 1.165) is 65.8 Å². The van der Waals surface area contributed by atoms with Gasteiger partial charge in [0.25, 0.3) is 0 Å². The molecule has 9 aromatic rings. The second-order valence-electron chi connectivity index (χ2n) is 10.5. The van der Waals surface area contributed by atoms with E-state index in [1.165, 1.54) is 0 Å². The monoisotopic (exact) mass is 526 g/mol. The third-order valence-corrected chi connectivity index (χ3v) is 8.33. The Morgan fingerprint density at radius 1 is 0.390 bits per heavy atom. The molecular weight excluding hydrogens is 504 g/mol. The molecule has 6 aromatic carbocycles. The first-order valence-electron chi connectivity index (χ1n) is 13.7. The standard InChI is InChI=1S/C37H22N2O2/c40-37-31-19-28-25-15-7-9-17-32(25)38(23-11-3-1-4-12-23)34(28)20-27(31)30-21-35-29(22-36(30)41-37)26-16-8-10-18-33(26)39(35)24-13-5-2-6-14-24/h1-22H. The lowest BCUT2D eigenvalue weighted by Crippen LogP contribution is -2.01. The summed E-state index contributed by atoms with van der Waals surface area (Å²) in [7, 11) is 0. The van der Waals surface area contributed by atoms with Gasteiger partial charge in [0.15, 0.2) is 0 Å². The smallest absolute Gasteiger partial charge is 0.344 e. The summed E-state index contributed by atoms with van der Waals surface area (Å²) in [5.74, 6) is 0. The lowest BCUT2D eigenvalue weighted by Gasteiger charge is -2.10. The van der Waals surface area contributed by atoms with Gasteiger partial charge < -0.3 is 13.6 Å². The third kappa shape index (κ3) is 3.07. The van der Waals surface area contributed by atoms with Crippen LogP contribution in [0.2, 0.25) is 0 Å². The molecule has 0 radical (unpaired) electrons. The van der Waals surface area contributed by atoms with Gasteiger partial charge in [0, 0.05) is 43.7 Å². The Balaban J connectivity index is 1.47. The van der Waals surface area contributed by atoms with Gasteiger partial charge in [-0.25, -0.2) is 4.79 Å². The molecule has 0 unspecified atom stereocenters. The first kappa shape index (κ1) is 22.2. The summed E-state index contributed by atoms with van der Waals surface area (Å²) in [4.78, 5) is 13.5. The van der Waals surface area contributed by atoms with Crippen LogP contribution in [-0.4, -0.2) is 9.13 Å². The van der Waals surface area contributed by atoms with Crippen LogP contribution in [0.25, 0.3) is 76.7 Å². The fourth-order valence-electron chi connectivity index (χ4n) is 6.56. The maximum Gasteiger partial charge on any atom is 0.344 e. The van der Waals surface area contributed by atoms with E-state index in [4.69, 9.17) is 4.42 Å². The van der Waals surface area contributed by atoms with E-state index in [9.17, 15) is 4.79 Å². The molecule has 0 amide bonds. The predicted octanol–water partition coefficient (Wildman–Crippen LogP) is 9.14. The van der Waals surface area contributed by atoms with E-state index < -0.39 is 0 Å². The number of hydrogen-bond acceptors (Lipinski definition) is 2. The molecule has 0 fully saturated rings. The second kappa shape index (κ2) is 8.20. The molecule has 0 aliphatic heterocycles. The minimum atomic E-state index is -0.322. The lowest BCUT2D eigenvalue weighted by atomic mass is 10.0. The molecule has 9 rings (SSSR count). The van der Waals surface area contributed by atoms with Crippen molar-refractivity contribution in [3.63, 3.8) is 0 Å². The summed E-state index contributed by atoms with van der Waals surface area (Å²) >= 11 is 0. The zero-order valence-electron chi connectivity index (χ0n) is 21.9. The van der Waals surface area contributed by atoms with Crippen molar-refractivity contribution in [1.29, 1.82) is 0 Å². The summed E-state index contributed by atoms with van der Waals surface area (Å²) in [5, 5.41) is 6.70. The first-order valence-corrected chi connectivity index (χ1v) is 13.7. The summed E-state index contributed by atoms with van der Waals surface area (Å²) in [6.45, 7) is 0. The fraction of sp³-hybridized carbons (Fsp3) is 0. The highest BCUT2D eigenvalue weighted by Gasteiger charge is 2.19. The van der Waals surface area contributed by atoms with Gasteiger partial charge in [0.05, 0.1) is 27.5 Å². The Morgan fingerprint density at radius 3 is 1.46 bits per heavy atom. The van der Waals surface area contributed by atoms with Crippen LogP contribution in [0.5, 0.6) is 0 Å². The van der Waals surface area contributed by atoms with Crippen molar-refractivity contribution in [3.05, 3.63) is 144 Å². The van der Waals surface area contributed by atoms with E-state index in [1.807, 2.05) is 30.3 Å². The van der Waals surface area contributed by atoms with Crippen LogP contribution in [0.3, 0.4) is 0 Å². The van der Waals surface area contributed by atoms with Crippen molar-refractivity contribution in [2.24, 2.45) is 0 Å². The predicted molar refractivity (Wildman–Crippen MR) is 169 cm³/mol. The molecule has 192 valence electrons. The van der Waals surface area contributed by atoms with Crippen molar-refractivity contribution in [2.45, 2.75) is 0 Å². The van der Waals surface area contributed by atoms with E-state index in [2.05, 4.69) is 112 Å². The molecule has 3 aromatic heterocycles. The average Bonchev–Trinajstić information content (AvgIpc) is 3.52. The molecule has 0 aliphatic carbocycles. The van der Waals surface area contributed by atoms with Crippen molar-refractivity contribution in [1.82, 2.24) is 9.13 Å². The molecular formula is C37H22N2O2. The molecule has 3 heterocycles. The van der Waals surface area contributed by atoms with Crippen LogP contribution in [0, 0.1) is 0 Å². The minimum Gasteiger partial charge on any atom is -0.422 e. The van der Waals surface area contributed by atoms with Gasteiger partial charge in [0.1, 0.15) is 5.58 Å². The SMILES string of the molecule is O=c1oc2cc3c4ccccc4n(-c4ccccc4)c3cc2c2cc3c(cc12)c1ccccc1n3-c1ccccc1. The highest BCUT2D eigenvalue weighted by Crippen LogP contribution is 2.39. The molecule has 0 atom stereocenters. The number of nitrogens with zero attached hydrogens (tertiary/aromatic N) is 2. The summed E-state index contributed by atoms with van der Waals surface area (Å²) < 4.78 is 10.6. The zero-order chi connectivity index (χ0) is 27.1. The Hall–Kier alpha value is -5.61. The zero-order valence-corrected chi connectivity index (χ0v) is 21.9. The Bertz CT molecular complexity index is 2540. The Labute approximate surface area is 233 Å². The van der Waals surface area contributed by atoms with Crippen molar-refractivity contribution in [2.75, 3.05) is 0 Å². The molecule has 0 aliphatic rings. The second-order valence-corrected chi connectivity index (χ2v) is 10.5. The quantitative estimate of drug-likeness (QED) is 0.166. The van der Waals surface area contributed by atoms with Gasteiger partial charge in [-0.3, -0.25) is 0 Å². The lowest BCUT2D eigenvalue weighted by molar-refractivity contribution is 0.570. The number of fused-ring (bicyclic) bond motifs is 9. The Morgan fingerprint density at radius 2 is 0.878 bits per heavy atom. The molecule has 0 bridgehead atoms. The van der Waals surface area contributed by atoms with Gasteiger partial charge in [-0.05, 0) is 60.7 Å². The molecule has 4 heteroatoms. The van der Waals surface area contributed by atoms with Gasteiger partial charge in [-0.2, -0.15) is 0 Å². The van der Waals surface area contributed by atoms with Crippen LogP contribution in [-0.2, 0) is 0 Å². The van der Waals surface area contributed by atoms with E-state index in [1.54, 1.807) is 0 Å². The number of benzene rings is 6. The summed E-state index contributed by atoms with van der Waals surface area (Å²) in [6, 6.07) is 45.9. The number of aromatic nitrogens is 2. The van der Waals surface area contributed by atoms with Crippen LogP contribution >= 0.6 is 0 Å². The van der Waals surface area contributed by atoms with Gasteiger partial charge in [0.2, 0.25) is 0 Å². The number of hydrogen-bond donors (Lipinski definition) is 0. The van der Waals surface area contributed by atoms with Crippen molar-refractivity contribution in [3.8, 4) is 11.4 Å². The van der Waals surface area contributed by atoms with Crippen LogP contribution in [0.1, 0.15) is 0 Å². The molecule has 0 spiro atoms. The van der Waals surface area contributed by atoms with Crippen LogP contribution in [0.4, 0.5) is 0 Å². The Kier molecular flexibility index (Phi) is 4.44. The molecule has 0 N–H and O–H groups in total. The van der Waals surface area contributed by atoms with Crippen molar-refractivity contribution < 1.29 is 4.42 Å². The third-order valence-electron chi connectivity index (χ3n) is 8.33. The molecule has 4 nitrogen and oxygen atoms in total. The van der Waals surface area contributed by atoms with Crippen LogP contribution in [0.15, 0.2) is 143 Å². The largest absolute Gasteiger partial charge is 0.422 e. The van der Waals surface area contributed by atoms with Gasteiger partial charge >= 0.3 is 5.63 Å². The first-order chi connectivity index (χ1) is 20.3. The van der Waals surface area contributed by atoms with E-state index >= 15 is 0 Å². The highest BCUT2D eigenvalue weighted by molar-refractivity contribution is 6.20. The molecule has 41 heavy (non-hydrogen) atoms. The maximum atomic E-state index is 13.5. The summed E-state index contributed by atoms with van der Waals surface area (Å²) in [5.41, 5.74) is 6.78. The van der Waals surface area contributed by atoms with E-state index in [-0.39, 0.29) is 5.63 Å². The van der Waals surface area contributed by atoms with Crippen LogP contribution < -0.4 is 5.63 Å². The fourth-order valence-corrected chi connectivity index (χ4v) is 6.56. The average molecular weight is 527 g/mol. The number of rotatable bonds is 2. The van der Waals surface area contributed by atoms with Gasteiger partial charge in [-0.15, -0.1) is 0 Å². The highest BCUT2D eigenvalue weighted by atomic mass is 16.4. The molecule has 0 saturated heterocycles. The normalized spacial score (nSPS) is 12.0. The van der Waals surface area contributed by atoms with Gasteiger partial charge in [-0.1, -0.05) is 72.8 Å². The van der Waals surface area contributed by atoms with Crippen molar-refractivity contribution >= 4 is 65.4 Å². The summed E-state index contributed by atoms with van der Waals surface area (Å²) in [6.07, 6.45) is 0. The topological polar surface area (TPSA) is 40.1 Å².